The van der Waals surface area contributed by atoms with E-state index in [9.17, 15) is 19.2 Å². The van der Waals surface area contributed by atoms with E-state index in [4.69, 9.17) is 5.11 Å². The van der Waals surface area contributed by atoms with Gasteiger partial charge in [0.2, 0.25) is 5.91 Å². The Hall–Kier alpha value is -3.39. The van der Waals surface area contributed by atoms with Gasteiger partial charge < -0.3 is 10.4 Å². The molecule has 1 fully saturated rings. The average molecular weight is 410 g/mol. The molecular weight excluding hydrogens is 392 g/mol. The summed E-state index contributed by atoms with van der Waals surface area (Å²) in [7, 11) is 0. The summed E-state index contributed by atoms with van der Waals surface area (Å²) in [6.07, 6.45) is 1.50. The summed E-state index contributed by atoms with van der Waals surface area (Å²) in [4.78, 5) is 49.0. The summed E-state index contributed by atoms with van der Waals surface area (Å²) in [5, 5.41) is 11.1. The molecule has 148 valence electrons. The minimum absolute atomic E-state index is 0.123. The zero-order valence-corrected chi connectivity index (χ0v) is 16.6. The van der Waals surface area contributed by atoms with Gasteiger partial charge in [-0.05, 0) is 61.0 Å². The Bertz CT molecular complexity index is 1040. The van der Waals surface area contributed by atoms with E-state index >= 15 is 0 Å². The van der Waals surface area contributed by atoms with Crippen LogP contribution in [0.3, 0.4) is 0 Å². The summed E-state index contributed by atoms with van der Waals surface area (Å²) in [5.41, 5.74) is 3.28. The predicted molar refractivity (Wildman–Crippen MR) is 111 cm³/mol. The van der Waals surface area contributed by atoms with Crippen molar-refractivity contribution in [2.45, 2.75) is 13.8 Å². The molecule has 0 aliphatic carbocycles. The number of carboxylic acids is 1. The zero-order valence-electron chi connectivity index (χ0n) is 15.8. The smallest absolute Gasteiger partial charge is 0.335 e. The maximum Gasteiger partial charge on any atom is 0.335 e. The lowest BCUT2D eigenvalue weighted by molar-refractivity contribution is -0.127. The van der Waals surface area contributed by atoms with Crippen molar-refractivity contribution in [3.63, 3.8) is 0 Å². The van der Waals surface area contributed by atoms with E-state index in [1.54, 1.807) is 18.2 Å². The maximum atomic E-state index is 12.5. The van der Waals surface area contributed by atoms with Crippen molar-refractivity contribution in [3.8, 4) is 0 Å². The van der Waals surface area contributed by atoms with Crippen LogP contribution in [0.25, 0.3) is 6.08 Å². The van der Waals surface area contributed by atoms with Gasteiger partial charge in [0, 0.05) is 5.69 Å². The monoisotopic (exact) mass is 410 g/mol. The number of hydrogen-bond donors (Lipinski definition) is 2. The fraction of sp³-hybridized carbons (Fsp3) is 0.143. The second-order valence-electron chi connectivity index (χ2n) is 6.56. The summed E-state index contributed by atoms with van der Waals surface area (Å²) < 4.78 is 0. The number of nitrogens with one attached hydrogen (secondary N) is 1. The molecule has 1 heterocycles. The molecule has 2 N–H and O–H groups in total. The van der Waals surface area contributed by atoms with Crippen molar-refractivity contribution in [1.82, 2.24) is 4.90 Å². The number of anilines is 1. The Kier molecular flexibility index (Phi) is 5.84. The van der Waals surface area contributed by atoms with Crippen molar-refractivity contribution in [2.24, 2.45) is 0 Å². The van der Waals surface area contributed by atoms with Crippen LogP contribution in [0, 0.1) is 13.8 Å². The zero-order chi connectivity index (χ0) is 21.1. The Morgan fingerprint density at radius 1 is 1.10 bits per heavy atom. The van der Waals surface area contributed by atoms with Gasteiger partial charge in [0.25, 0.3) is 11.1 Å². The van der Waals surface area contributed by atoms with Gasteiger partial charge in [-0.1, -0.05) is 29.8 Å². The predicted octanol–water partition coefficient (Wildman–Crippen LogP) is 3.68. The average Bonchev–Trinajstić information content (AvgIpc) is 2.92. The molecule has 8 heteroatoms. The first-order valence-electron chi connectivity index (χ1n) is 8.70. The van der Waals surface area contributed by atoms with Gasteiger partial charge in [-0.3, -0.25) is 19.3 Å². The molecule has 0 spiro atoms. The number of aromatic carboxylic acids is 1. The first kappa shape index (κ1) is 20.3. The molecule has 1 saturated heterocycles. The highest BCUT2D eigenvalue weighted by atomic mass is 32.2. The minimum atomic E-state index is -1.05. The Morgan fingerprint density at radius 2 is 1.79 bits per heavy atom. The van der Waals surface area contributed by atoms with Crippen LogP contribution < -0.4 is 5.32 Å². The molecule has 0 aromatic heterocycles. The van der Waals surface area contributed by atoms with Crippen molar-refractivity contribution in [3.05, 3.63) is 69.6 Å². The lowest BCUT2D eigenvalue weighted by atomic mass is 10.1. The van der Waals surface area contributed by atoms with Gasteiger partial charge in [0.1, 0.15) is 6.54 Å². The topological polar surface area (TPSA) is 104 Å². The first-order valence-corrected chi connectivity index (χ1v) is 9.52. The number of amides is 3. The highest BCUT2D eigenvalue weighted by molar-refractivity contribution is 8.18. The Balaban J connectivity index is 1.69. The van der Waals surface area contributed by atoms with Crippen molar-refractivity contribution in [2.75, 3.05) is 11.9 Å². The summed E-state index contributed by atoms with van der Waals surface area (Å²) in [5.74, 6) is -2.07. The van der Waals surface area contributed by atoms with Crippen molar-refractivity contribution >= 4 is 46.5 Å². The number of aryl methyl sites for hydroxylation is 2. The van der Waals surface area contributed by atoms with Crippen molar-refractivity contribution < 1.29 is 24.3 Å². The standard InChI is InChI=1S/C21H18N2O5S/c1-12-3-8-16(13(2)9-12)22-18(24)11-23-19(25)17(29-21(23)28)10-14-4-6-15(7-5-14)20(26)27/h3-10H,11H2,1-2H3,(H,22,24)(H,26,27)/b17-10+. The fourth-order valence-electron chi connectivity index (χ4n) is 2.80. The van der Waals surface area contributed by atoms with Gasteiger partial charge in [0.15, 0.2) is 0 Å². The van der Waals surface area contributed by atoms with E-state index in [0.29, 0.717) is 11.3 Å². The summed E-state index contributed by atoms with van der Waals surface area (Å²) >= 11 is 0.743. The summed E-state index contributed by atoms with van der Waals surface area (Å²) in [6, 6.07) is 11.5. The van der Waals surface area contributed by atoms with Crippen LogP contribution in [-0.4, -0.2) is 39.6 Å². The molecule has 0 atom stereocenters. The number of carboxylic acid groups (broad SMARTS) is 1. The highest BCUT2D eigenvalue weighted by Gasteiger charge is 2.36. The van der Waals surface area contributed by atoms with E-state index in [0.717, 1.165) is 27.8 Å². The third-order valence-electron chi connectivity index (χ3n) is 4.29. The number of nitrogens with zero attached hydrogens (tertiary/aromatic N) is 1. The number of benzene rings is 2. The molecule has 0 saturated carbocycles. The van der Waals surface area contributed by atoms with Crippen LogP contribution in [0.4, 0.5) is 10.5 Å². The number of rotatable bonds is 5. The number of carbonyl (C=O) groups excluding carboxylic acids is 3. The second-order valence-corrected chi connectivity index (χ2v) is 7.55. The second kappa shape index (κ2) is 8.32. The van der Waals surface area contributed by atoms with Crippen LogP contribution in [0.2, 0.25) is 0 Å². The Morgan fingerprint density at radius 3 is 2.41 bits per heavy atom. The molecule has 0 bridgehead atoms. The molecule has 1 aliphatic heterocycles. The molecular formula is C21H18N2O5S. The van der Waals surface area contributed by atoms with Gasteiger partial charge in [-0.15, -0.1) is 0 Å². The third-order valence-corrected chi connectivity index (χ3v) is 5.19. The number of carbonyl (C=O) groups is 4. The molecule has 29 heavy (non-hydrogen) atoms. The van der Waals surface area contributed by atoms with E-state index < -0.39 is 23.0 Å². The van der Waals surface area contributed by atoms with E-state index in [-0.39, 0.29) is 17.0 Å². The molecule has 2 aromatic rings. The van der Waals surface area contributed by atoms with Crippen molar-refractivity contribution in [1.29, 1.82) is 0 Å². The lowest BCUT2D eigenvalue weighted by Gasteiger charge is -2.14. The normalized spacial score (nSPS) is 15.1. The van der Waals surface area contributed by atoms with Crippen LogP contribution >= 0.6 is 11.8 Å². The Labute approximate surface area is 171 Å². The highest BCUT2D eigenvalue weighted by Crippen LogP contribution is 2.32. The largest absolute Gasteiger partial charge is 0.478 e. The lowest BCUT2D eigenvalue weighted by Crippen LogP contribution is -2.36. The summed E-state index contributed by atoms with van der Waals surface area (Å²) in [6.45, 7) is 3.43. The minimum Gasteiger partial charge on any atom is -0.478 e. The molecule has 3 rings (SSSR count). The molecule has 3 amide bonds. The van der Waals surface area contributed by atoms with Crippen LogP contribution in [0.5, 0.6) is 0 Å². The number of thioether (sulfide) groups is 1. The van der Waals surface area contributed by atoms with Gasteiger partial charge in [-0.2, -0.15) is 0 Å². The molecule has 1 aliphatic rings. The number of imide groups is 1. The number of hydrogen-bond acceptors (Lipinski definition) is 5. The van der Waals surface area contributed by atoms with E-state index in [1.165, 1.54) is 18.2 Å². The first-order chi connectivity index (χ1) is 13.7. The SMILES string of the molecule is Cc1ccc(NC(=O)CN2C(=O)S/C(=C/c3ccc(C(=O)O)cc3)C2=O)c(C)c1. The van der Waals surface area contributed by atoms with Crippen LogP contribution in [-0.2, 0) is 9.59 Å². The molecule has 0 unspecified atom stereocenters. The molecule has 7 nitrogen and oxygen atoms in total. The van der Waals surface area contributed by atoms with Gasteiger partial charge in [0.05, 0.1) is 10.5 Å². The molecule has 2 aromatic carbocycles. The maximum absolute atomic E-state index is 12.5. The third kappa shape index (κ3) is 4.72. The van der Waals surface area contributed by atoms with Gasteiger partial charge >= 0.3 is 5.97 Å². The van der Waals surface area contributed by atoms with Crippen LogP contribution in [0.15, 0.2) is 47.4 Å². The fourth-order valence-corrected chi connectivity index (χ4v) is 3.64. The molecule has 0 radical (unpaired) electrons. The van der Waals surface area contributed by atoms with Crippen LogP contribution in [0.1, 0.15) is 27.0 Å². The van der Waals surface area contributed by atoms with Gasteiger partial charge in [-0.25, -0.2) is 4.79 Å². The quantitative estimate of drug-likeness (QED) is 0.729. The van der Waals surface area contributed by atoms with E-state index in [2.05, 4.69) is 5.32 Å². The van der Waals surface area contributed by atoms with E-state index in [1.807, 2.05) is 26.0 Å².